The van der Waals surface area contributed by atoms with Gasteiger partial charge in [-0.15, -0.1) is 0 Å². The van der Waals surface area contributed by atoms with Gasteiger partial charge >= 0.3 is 11.8 Å². The number of nitro groups is 1. The highest BCUT2D eigenvalue weighted by Gasteiger charge is 2.19. The maximum absolute atomic E-state index is 11.1. The van der Waals surface area contributed by atoms with Gasteiger partial charge in [0.2, 0.25) is 0 Å². The Kier molecular flexibility index (Phi) is 5.19. The first kappa shape index (κ1) is 14.8. The number of methoxy groups -OCH3 is 1. The average Bonchev–Trinajstić information content (AvgIpc) is 2.37. The Morgan fingerprint density at radius 2 is 2.37 bits per heavy atom. The molecule has 0 radical (unpaired) electrons. The van der Waals surface area contributed by atoms with Crippen molar-refractivity contribution in [2.45, 2.75) is 19.4 Å². The molecule has 1 unspecified atom stereocenters. The number of aromatic nitrogens is 1. The molecule has 0 amide bonds. The Morgan fingerprint density at radius 3 is 2.84 bits per heavy atom. The lowest BCUT2D eigenvalue weighted by Crippen LogP contribution is -2.25. The molecule has 0 spiro atoms. The van der Waals surface area contributed by atoms with Gasteiger partial charge in [0.25, 0.3) is 0 Å². The molecule has 1 atom stereocenters. The van der Waals surface area contributed by atoms with Gasteiger partial charge in [0, 0.05) is 13.2 Å². The molecule has 19 heavy (non-hydrogen) atoms. The van der Waals surface area contributed by atoms with Crippen molar-refractivity contribution in [2.75, 3.05) is 19.0 Å². The van der Waals surface area contributed by atoms with E-state index in [0.29, 0.717) is 13.0 Å². The number of pyridine rings is 1. The topological polar surface area (TPSA) is 115 Å². The predicted molar refractivity (Wildman–Crippen MR) is 67.4 cm³/mol. The predicted octanol–water partition coefficient (Wildman–Crippen LogP) is 1.52. The number of nitrogens with zero attached hydrogens (tertiary/aromatic N) is 2. The molecule has 1 aromatic rings. The Balaban J connectivity index is 3.06. The molecule has 1 heterocycles. The molecule has 1 rings (SSSR count). The molecule has 0 aliphatic heterocycles. The van der Waals surface area contributed by atoms with E-state index in [1.165, 1.54) is 7.11 Å². The lowest BCUT2D eigenvalue weighted by atomic mass is 10.1. The number of nitrogens with one attached hydrogen (secondary N) is 1. The van der Waals surface area contributed by atoms with Crippen molar-refractivity contribution in [3.05, 3.63) is 27.9 Å². The Morgan fingerprint density at radius 1 is 1.68 bits per heavy atom. The third-order valence-corrected chi connectivity index (χ3v) is 2.53. The smallest absolute Gasteiger partial charge is 0.364 e. The highest BCUT2D eigenvalue weighted by molar-refractivity contribution is 5.94. The van der Waals surface area contributed by atoms with E-state index in [-0.39, 0.29) is 17.3 Å². The second kappa shape index (κ2) is 6.64. The van der Waals surface area contributed by atoms with Crippen molar-refractivity contribution in [2.24, 2.45) is 0 Å². The van der Waals surface area contributed by atoms with Crippen LogP contribution in [0.5, 0.6) is 0 Å². The fourth-order valence-electron chi connectivity index (χ4n) is 1.52. The zero-order valence-electron chi connectivity index (χ0n) is 10.6. The molecule has 0 saturated carbocycles. The number of anilines is 1. The molecule has 1 aromatic heterocycles. The third kappa shape index (κ3) is 3.88. The molecule has 0 bridgehead atoms. The van der Waals surface area contributed by atoms with Crippen LogP contribution in [0.15, 0.2) is 12.3 Å². The summed E-state index contributed by atoms with van der Waals surface area (Å²) in [5.74, 6) is -1.75. The van der Waals surface area contributed by atoms with Crippen molar-refractivity contribution >= 4 is 17.5 Å². The van der Waals surface area contributed by atoms with Crippen LogP contribution in [0, 0.1) is 10.1 Å². The number of hydrogen-bond donors (Lipinski definition) is 2. The van der Waals surface area contributed by atoms with Crippen molar-refractivity contribution < 1.29 is 19.6 Å². The van der Waals surface area contributed by atoms with Gasteiger partial charge in [0.05, 0.1) is 23.9 Å². The first-order valence-corrected chi connectivity index (χ1v) is 5.62. The monoisotopic (exact) mass is 269 g/mol. The average molecular weight is 269 g/mol. The zero-order valence-corrected chi connectivity index (χ0v) is 10.6. The van der Waals surface area contributed by atoms with Gasteiger partial charge in [-0.05, 0) is 16.3 Å². The van der Waals surface area contributed by atoms with E-state index in [2.05, 4.69) is 10.3 Å². The van der Waals surface area contributed by atoms with Gasteiger partial charge < -0.3 is 25.3 Å². The van der Waals surface area contributed by atoms with E-state index in [1.54, 1.807) is 0 Å². The van der Waals surface area contributed by atoms with Crippen LogP contribution in [0.25, 0.3) is 0 Å². The molecule has 0 fully saturated rings. The summed E-state index contributed by atoms with van der Waals surface area (Å²) >= 11 is 0. The van der Waals surface area contributed by atoms with E-state index >= 15 is 0 Å². The van der Waals surface area contributed by atoms with Crippen LogP contribution in [0.2, 0.25) is 0 Å². The molecular formula is C11H15N3O5. The van der Waals surface area contributed by atoms with Crippen molar-refractivity contribution in [1.82, 2.24) is 4.98 Å². The van der Waals surface area contributed by atoms with Gasteiger partial charge in [0.1, 0.15) is 0 Å². The molecule has 8 nitrogen and oxygen atoms in total. The minimum Gasteiger partial charge on any atom is -0.478 e. The first-order valence-electron chi connectivity index (χ1n) is 5.62. The summed E-state index contributed by atoms with van der Waals surface area (Å²) in [5.41, 5.74) is 0.0539. The minimum absolute atomic E-state index is 0.0913. The fourth-order valence-corrected chi connectivity index (χ4v) is 1.52. The van der Waals surface area contributed by atoms with Crippen molar-refractivity contribution in [3.63, 3.8) is 0 Å². The van der Waals surface area contributed by atoms with E-state index in [1.807, 2.05) is 6.92 Å². The van der Waals surface area contributed by atoms with E-state index < -0.39 is 16.7 Å². The maximum Gasteiger partial charge on any atom is 0.364 e. The summed E-state index contributed by atoms with van der Waals surface area (Å²) in [5, 5.41) is 22.6. The Labute approximate surface area is 109 Å². The van der Waals surface area contributed by atoms with E-state index in [9.17, 15) is 14.9 Å². The van der Waals surface area contributed by atoms with Crippen molar-refractivity contribution in [1.29, 1.82) is 0 Å². The van der Waals surface area contributed by atoms with Gasteiger partial charge in [-0.2, -0.15) is 0 Å². The third-order valence-electron chi connectivity index (χ3n) is 2.53. The van der Waals surface area contributed by atoms with E-state index in [4.69, 9.17) is 9.84 Å². The molecule has 0 saturated heterocycles. The SMILES string of the molecule is CCC(COC)Nc1cnc([N+](=O)[O-])cc1C(=O)O. The molecule has 0 aliphatic rings. The van der Waals surface area contributed by atoms with Crippen LogP contribution in [-0.2, 0) is 4.74 Å². The minimum atomic E-state index is -1.25. The first-order chi connectivity index (χ1) is 8.99. The second-order valence-corrected chi connectivity index (χ2v) is 3.86. The number of ether oxygens (including phenoxy) is 1. The summed E-state index contributed by atoms with van der Waals surface area (Å²) in [7, 11) is 1.54. The summed E-state index contributed by atoms with van der Waals surface area (Å²) in [6.45, 7) is 2.31. The number of hydrogen-bond acceptors (Lipinski definition) is 6. The lowest BCUT2D eigenvalue weighted by molar-refractivity contribution is -0.389. The summed E-state index contributed by atoms with van der Waals surface area (Å²) < 4.78 is 4.99. The number of carbonyl (C=O) groups is 1. The van der Waals surface area contributed by atoms with Crippen LogP contribution < -0.4 is 5.32 Å². The summed E-state index contributed by atoms with van der Waals surface area (Å²) in [4.78, 5) is 24.5. The Bertz CT molecular complexity index is 477. The fraction of sp³-hybridized carbons (Fsp3) is 0.455. The second-order valence-electron chi connectivity index (χ2n) is 3.86. The quantitative estimate of drug-likeness (QED) is 0.569. The molecular weight excluding hydrogens is 254 g/mol. The number of rotatable bonds is 7. The van der Waals surface area contributed by atoms with E-state index in [0.717, 1.165) is 12.3 Å². The highest BCUT2D eigenvalue weighted by Crippen LogP contribution is 2.20. The van der Waals surface area contributed by atoms with Gasteiger partial charge in [-0.25, -0.2) is 4.79 Å². The number of aromatic carboxylic acids is 1. The van der Waals surface area contributed by atoms with Crippen LogP contribution in [0.1, 0.15) is 23.7 Å². The molecule has 0 aliphatic carbocycles. The lowest BCUT2D eigenvalue weighted by Gasteiger charge is -2.17. The van der Waals surface area contributed by atoms with Crippen LogP contribution in [-0.4, -0.2) is 40.7 Å². The standard InChI is InChI=1S/C11H15N3O5/c1-3-7(6-19-2)13-9-5-12-10(14(17)18)4-8(9)11(15)16/h4-5,7,13H,3,6H2,1-2H3,(H,15,16). The van der Waals surface area contributed by atoms with Crippen LogP contribution >= 0.6 is 0 Å². The number of carboxylic acids is 1. The van der Waals surface area contributed by atoms with Gasteiger partial charge in [0.15, 0.2) is 6.20 Å². The zero-order chi connectivity index (χ0) is 14.4. The molecule has 0 aromatic carbocycles. The number of carboxylic acid groups (broad SMARTS) is 1. The normalized spacial score (nSPS) is 11.9. The molecule has 104 valence electrons. The largest absolute Gasteiger partial charge is 0.478 e. The maximum atomic E-state index is 11.1. The summed E-state index contributed by atoms with van der Waals surface area (Å²) in [6.07, 6.45) is 1.86. The van der Waals surface area contributed by atoms with Gasteiger partial charge in [-0.1, -0.05) is 6.92 Å². The van der Waals surface area contributed by atoms with Crippen molar-refractivity contribution in [3.8, 4) is 0 Å². The van der Waals surface area contributed by atoms with Gasteiger partial charge in [-0.3, -0.25) is 0 Å². The molecule has 8 heteroatoms. The van der Waals surface area contributed by atoms with Crippen LogP contribution in [0.3, 0.4) is 0 Å². The van der Waals surface area contributed by atoms with Crippen LogP contribution in [0.4, 0.5) is 11.5 Å². The highest BCUT2D eigenvalue weighted by atomic mass is 16.6. The Hall–Kier alpha value is -2.22. The molecule has 2 N–H and O–H groups in total. The summed E-state index contributed by atoms with van der Waals surface area (Å²) in [6, 6.07) is 0.843.